The van der Waals surface area contributed by atoms with Crippen LogP contribution < -0.4 is 9.57 Å². The first-order valence-corrected chi connectivity index (χ1v) is 9.34. The molecule has 3 aromatic rings. The molecule has 0 aliphatic rings. The van der Waals surface area contributed by atoms with E-state index in [-0.39, 0.29) is 4.90 Å². The molecule has 0 amide bonds. The molecule has 0 heterocycles. The molecule has 128 valence electrons. The second kappa shape index (κ2) is 7.36. The number of sulfonamides is 1. The van der Waals surface area contributed by atoms with Gasteiger partial charge in [-0.3, -0.25) is 0 Å². The lowest BCUT2D eigenvalue weighted by Gasteiger charge is -2.06. The van der Waals surface area contributed by atoms with Crippen molar-refractivity contribution in [3.05, 3.63) is 72.3 Å². The van der Waals surface area contributed by atoms with Crippen molar-refractivity contribution in [1.82, 2.24) is 4.83 Å². The Bertz CT molecular complexity index is 991. The monoisotopic (exact) mass is 354 g/mol. The zero-order valence-corrected chi connectivity index (χ0v) is 14.5. The van der Waals surface area contributed by atoms with Gasteiger partial charge in [0, 0.05) is 5.56 Å². The molecule has 0 saturated carbocycles. The second-order valence-electron chi connectivity index (χ2n) is 5.33. The van der Waals surface area contributed by atoms with Crippen molar-refractivity contribution in [3.63, 3.8) is 0 Å². The van der Waals surface area contributed by atoms with Crippen LogP contribution in [0.4, 0.5) is 0 Å². The Hall–Kier alpha value is -2.86. The minimum absolute atomic E-state index is 0.131. The van der Waals surface area contributed by atoms with E-state index < -0.39 is 10.0 Å². The number of hydrogen-bond donors (Lipinski definition) is 1. The van der Waals surface area contributed by atoms with E-state index in [4.69, 9.17) is 4.74 Å². The molecule has 0 spiro atoms. The molecule has 3 rings (SSSR count). The molecule has 0 bridgehead atoms. The van der Waals surface area contributed by atoms with Crippen molar-refractivity contribution in [2.45, 2.75) is 11.8 Å². The van der Waals surface area contributed by atoms with Gasteiger partial charge in [0.15, 0.2) is 0 Å². The quantitative estimate of drug-likeness (QED) is 0.544. The van der Waals surface area contributed by atoms with Gasteiger partial charge in [-0.1, -0.05) is 42.5 Å². The first kappa shape index (κ1) is 17.0. The average molecular weight is 354 g/mol. The molecule has 0 fully saturated rings. The van der Waals surface area contributed by atoms with Crippen LogP contribution in [0.3, 0.4) is 0 Å². The van der Waals surface area contributed by atoms with Gasteiger partial charge < -0.3 is 4.74 Å². The van der Waals surface area contributed by atoms with E-state index in [2.05, 4.69) is 9.93 Å². The van der Waals surface area contributed by atoms with Gasteiger partial charge >= 0.3 is 0 Å². The van der Waals surface area contributed by atoms with Crippen LogP contribution in [0.25, 0.3) is 10.8 Å². The van der Waals surface area contributed by atoms with Gasteiger partial charge in [0.05, 0.1) is 17.7 Å². The molecular weight excluding hydrogens is 336 g/mol. The van der Waals surface area contributed by atoms with Crippen molar-refractivity contribution < 1.29 is 13.2 Å². The number of benzene rings is 3. The standard InChI is InChI=1S/C19H18N2O3S/c1-2-24-17-10-12-18(13-11-17)25(22,23)21-20-14-16-8-5-7-15-6-3-4-9-19(15)16/h3-14,21H,2H2,1H3/b20-14-. The van der Waals surface area contributed by atoms with Crippen molar-refractivity contribution in [3.8, 4) is 5.75 Å². The molecule has 3 aromatic carbocycles. The van der Waals surface area contributed by atoms with Crippen molar-refractivity contribution in [1.29, 1.82) is 0 Å². The third-order valence-corrected chi connectivity index (χ3v) is 4.88. The number of nitrogens with zero attached hydrogens (tertiary/aromatic N) is 1. The Kier molecular flexibility index (Phi) is 5.00. The van der Waals surface area contributed by atoms with Crippen LogP contribution in [0.5, 0.6) is 5.75 Å². The lowest BCUT2D eigenvalue weighted by atomic mass is 10.1. The molecule has 0 radical (unpaired) electrons. The molecule has 0 saturated heterocycles. The molecule has 0 atom stereocenters. The van der Waals surface area contributed by atoms with Crippen LogP contribution >= 0.6 is 0 Å². The maximum absolute atomic E-state index is 12.3. The minimum Gasteiger partial charge on any atom is -0.494 e. The van der Waals surface area contributed by atoms with Crippen LogP contribution in [-0.2, 0) is 10.0 Å². The van der Waals surface area contributed by atoms with E-state index in [0.717, 1.165) is 16.3 Å². The third-order valence-electron chi connectivity index (χ3n) is 3.64. The van der Waals surface area contributed by atoms with Crippen LogP contribution in [-0.4, -0.2) is 21.2 Å². The van der Waals surface area contributed by atoms with Crippen LogP contribution in [0.2, 0.25) is 0 Å². The van der Waals surface area contributed by atoms with Crippen LogP contribution in [0.1, 0.15) is 12.5 Å². The highest BCUT2D eigenvalue weighted by molar-refractivity contribution is 7.89. The number of fused-ring (bicyclic) bond motifs is 1. The molecule has 0 aliphatic carbocycles. The fourth-order valence-electron chi connectivity index (χ4n) is 2.46. The van der Waals surface area contributed by atoms with Crippen LogP contribution in [0.15, 0.2) is 76.7 Å². The highest BCUT2D eigenvalue weighted by Crippen LogP contribution is 2.17. The van der Waals surface area contributed by atoms with E-state index >= 15 is 0 Å². The Morgan fingerprint density at radius 2 is 1.72 bits per heavy atom. The number of hydrazone groups is 1. The molecule has 6 heteroatoms. The summed E-state index contributed by atoms with van der Waals surface area (Å²) < 4.78 is 29.9. The predicted molar refractivity (Wildman–Crippen MR) is 99.5 cm³/mol. The summed E-state index contributed by atoms with van der Waals surface area (Å²) in [4.78, 5) is 2.37. The molecular formula is C19H18N2O3S. The molecule has 0 aliphatic heterocycles. The fourth-order valence-corrected chi connectivity index (χ4v) is 3.25. The van der Waals surface area contributed by atoms with E-state index in [1.54, 1.807) is 12.1 Å². The van der Waals surface area contributed by atoms with Gasteiger partial charge in [0.2, 0.25) is 0 Å². The summed E-state index contributed by atoms with van der Waals surface area (Å²) in [5, 5.41) is 5.98. The van der Waals surface area contributed by atoms with Crippen molar-refractivity contribution >= 4 is 27.0 Å². The largest absolute Gasteiger partial charge is 0.494 e. The summed E-state index contributed by atoms with van der Waals surface area (Å²) in [6.45, 7) is 2.40. The summed E-state index contributed by atoms with van der Waals surface area (Å²) in [5.41, 5.74) is 0.840. The minimum atomic E-state index is -3.72. The van der Waals surface area contributed by atoms with Crippen molar-refractivity contribution in [2.75, 3.05) is 6.61 Å². The Labute approximate surface area is 147 Å². The third kappa shape index (κ3) is 3.97. The summed E-state index contributed by atoms with van der Waals surface area (Å²) in [6, 6.07) is 19.9. The molecule has 0 unspecified atom stereocenters. The Balaban J connectivity index is 1.78. The van der Waals surface area contributed by atoms with E-state index in [0.29, 0.717) is 12.4 Å². The molecule has 1 N–H and O–H groups in total. The molecule has 5 nitrogen and oxygen atoms in total. The van der Waals surface area contributed by atoms with E-state index in [1.165, 1.54) is 18.3 Å². The number of nitrogens with one attached hydrogen (secondary N) is 1. The molecule has 25 heavy (non-hydrogen) atoms. The van der Waals surface area contributed by atoms with Gasteiger partial charge in [-0.25, -0.2) is 4.83 Å². The number of ether oxygens (including phenoxy) is 1. The Morgan fingerprint density at radius 3 is 2.48 bits per heavy atom. The zero-order chi connectivity index (χ0) is 17.7. The first-order valence-electron chi connectivity index (χ1n) is 7.85. The van der Waals surface area contributed by atoms with Gasteiger partial charge in [-0.2, -0.15) is 13.5 Å². The summed E-state index contributed by atoms with van der Waals surface area (Å²) in [7, 11) is -3.72. The zero-order valence-electron chi connectivity index (χ0n) is 13.7. The van der Waals surface area contributed by atoms with Gasteiger partial charge in [0.1, 0.15) is 5.75 Å². The normalized spacial score (nSPS) is 11.7. The number of rotatable bonds is 6. The lowest BCUT2D eigenvalue weighted by Crippen LogP contribution is -2.18. The number of hydrogen-bond acceptors (Lipinski definition) is 4. The van der Waals surface area contributed by atoms with Gasteiger partial charge in [0.25, 0.3) is 10.0 Å². The smallest absolute Gasteiger partial charge is 0.276 e. The maximum atomic E-state index is 12.3. The van der Waals surface area contributed by atoms with E-state index in [1.807, 2.05) is 49.4 Å². The summed E-state index contributed by atoms with van der Waals surface area (Å²) in [5.74, 6) is 0.626. The summed E-state index contributed by atoms with van der Waals surface area (Å²) in [6.07, 6.45) is 1.51. The van der Waals surface area contributed by atoms with Crippen LogP contribution in [0, 0.1) is 0 Å². The molecule has 0 aromatic heterocycles. The maximum Gasteiger partial charge on any atom is 0.276 e. The highest BCUT2D eigenvalue weighted by Gasteiger charge is 2.12. The highest BCUT2D eigenvalue weighted by atomic mass is 32.2. The Morgan fingerprint density at radius 1 is 1.00 bits per heavy atom. The van der Waals surface area contributed by atoms with Crippen molar-refractivity contribution in [2.24, 2.45) is 5.10 Å². The second-order valence-corrected chi connectivity index (χ2v) is 6.99. The first-order chi connectivity index (χ1) is 12.1. The lowest BCUT2D eigenvalue weighted by molar-refractivity contribution is 0.340. The fraction of sp³-hybridized carbons (Fsp3) is 0.105. The van der Waals surface area contributed by atoms with E-state index in [9.17, 15) is 8.42 Å². The average Bonchev–Trinajstić information content (AvgIpc) is 2.63. The topological polar surface area (TPSA) is 67.8 Å². The summed E-state index contributed by atoms with van der Waals surface area (Å²) >= 11 is 0. The predicted octanol–water partition coefficient (Wildman–Crippen LogP) is 3.55. The van der Waals surface area contributed by atoms with Gasteiger partial charge in [-0.15, -0.1) is 0 Å². The van der Waals surface area contributed by atoms with Gasteiger partial charge in [-0.05, 0) is 42.0 Å². The SMILES string of the molecule is CCOc1ccc(S(=O)(=O)N/N=C\c2cccc3ccccc23)cc1.